The molecule has 2 heterocycles. The minimum absolute atomic E-state index is 0.0327. The van der Waals surface area contributed by atoms with Crippen LogP contribution >= 0.6 is 0 Å². The van der Waals surface area contributed by atoms with Crippen molar-refractivity contribution in [3.63, 3.8) is 0 Å². The van der Waals surface area contributed by atoms with E-state index in [4.69, 9.17) is 4.74 Å². The molecule has 29 heavy (non-hydrogen) atoms. The number of halogens is 2. The van der Waals surface area contributed by atoms with Crippen LogP contribution in [0.4, 0.5) is 14.5 Å². The van der Waals surface area contributed by atoms with Gasteiger partial charge >= 0.3 is 0 Å². The maximum Gasteiger partial charge on any atom is 0.255 e. The summed E-state index contributed by atoms with van der Waals surface area (Å²) in [5, 5.41) is 2.70. The van der Waals surface area contributed by atoms with Crippen LogP contribution in [0.3, 0.4) is 0 Å². The van der Waals surface area contributed by atoms with Crippen molar-refractivity contribution in [3.05, 3.63) is 83.7 Å². The molecule has 0 atom stereocenters. The molecule has 2 aromatic carbocycles. The zero-order valence-electron chi connectivity index (χ0n) is 15.7. The maximum absolute atomic E-state index is 13.4. The number of hydrogen-bond donors (Lipinski definition) is 1. The van der Waals surface area contributed by atoms with Gasteiger partial charge in [-0.15, -0.1) is 0 Å². The van der Waals surface area contributed by atoms with Gasteiger partial charge in [-0.2, -0.15) is 0 Å². The van der Waals surface area contributed by atoms with Gasteiger partial charge in [-0.25, -0.2) is 13.8 Å². The van der Waals surface area contributed by atoms with Gasteiger partial charge < -0.3 is 14.5 Å². The molecule has 0 saturated heterocycles. The Balaban J connectivity index is 1.64. The van der Waals surface area contributed by atoms with Gasteiger partial charge in [-0.1, -0.05) is 0 Å². The summed E-state index contributed by atoms with van der Waals surface area (Å²) in [4.78, 5) is 17.0. The Morgan fingerprint density at radius 1 is 1.03 bits per heavy atom. The fraction of sp³-hybridized carbons (Fsp3) is 0.0909. The number of nitrogens with one attached hydrogen (secondary N) is 1. The molecule has 0 spiro atoms. The number of hydrogen-bond acceptors (Lipinski definition) is 3. The van der Waals surface area contributed by atoms with E-state index < -0.39 is 17.5 Å². The van der Waals surface area contributed by atoms with E-state index in [1.165, 1.54) is 6.07 Å². The van der Waals surface area contributed by atoms with Crippen LogP contribution in [0.25, 0.3) is 16.9 Å². The first-order valence-electron chi connectivity index (χ1n) is 8.86. The highest BCUT2D eigenvalue weighted by Gasteiger charge is 2.13. The van der Waals surface area contributed by atoms with E-state index in [9.17, 15) is 13.6 Å². The summed E-state index contributed by atoms with van der Waals surface area (Å²) in [5.41, 5.74) is 3.92. The lowest BCUT2D eigenvalue weighted by Crippen LogP contribution is -2.13. The standard InChI is InChI=1S/C22H17F2N3O2/c1-13-21(14-3-7-17(29-2)8-4-14)26-20-10-6-16(12-27(13)20)25-22(28)15-5-9-18(23)19(24)11-15/h3-12H,1-2H3,(H,25,28). The fourth-order valence-corrected chi connectivity index (χ4v) is 3.10. The largest absolute Gasteiger partial charge is 0.497 e. The molecule has 1 amide bonds. The van der Waals surface area contributed by atoms with E-state index in [0.717, 1.165) is 40.5 Å². The van der Waals surface area contributed by atoms with E-state index in [-0.39, 0.29) is 5.56 Å². The minimum Gasteiger partial charge on any atom is -0.497 e. The smallest absolute Gasteiger partial charge is 0.255 e. The van der Waals surface area contributed by atoms with E-state index in [2.05, 4.69) is 10.3 Å². The molecule has 0 unspecified atom stereocenters. The number of methoxy groups -OCH3 is 1. The molecule has 5 nitrogen and oxygen atoms in total. The molecule has 0 bridgehead atoms. The van der Waals surface area contributed by atoms with Gasteiger partial charge in [0, 0.05) is 23.0 Å². The van der Waals surface area contributed by atoms with Crippen LogP contribution < -0.4 is 10.1 Å². The number of rotatable bonds is 4. The van der Waals surface area contributed by atoms with Crippen LogP contribution in [-0.4, -0.2) is 22.4 Å². The monoisotopic (exact) mass is 393 g/mol. The van der Waals surface area contributed by atoms with Crippen molar-refractivity contribution in [2.24, 2.45) is 0 Å². The third-order valence-corrected chi connectivity index (χ3v) is 4.66. The van der Waals surface area contributed by atoms with Crippen LogP contribution in [0.5, 0.6) is 5.75 Å². The molecule has 0 saturated carbocycles. The van der Waals surface area contributed by atoms with Gasteiger partial charge in [0.15, 0.2) is 11.6 Å². The fourth-order valence-electron chi connectivity index (χ4n) is 3.10. The van der Waals surface area contributed by atoms with E-state index in [1.807, 2.05) is 35.6 Å². The first-order valence-corrected chi connectivity index (χ1v) is 8.86. The number of amides is 1. The second-order valence-electron chi connectivity index (χ2n) is 6.50. The normalized spacial score (nSPS) is 10.9. The summed E-state index contributed by atoms with van der Waals surface area (Å²) in [6.07, 6.45) is 1.74. The minimum atomic E-state index is -1.07. The SMILES string of the molecule is COc1ccc(-c2nc3ccc(NC(=O)c4ccc(F)c(F)c4)cn3c2C)cc1. The molecule has 0 fully saturated rings. The topological polar surface area (TPSA) is 55.6 Å². The van der Waals surface area contributed by atoms with Gasteiger partial charge in [0.2, 0.25) is 0 Å². The first-order chi connectivity index (χ1) is 14.0. The highest BCUT2D eigenvalue weighted by atomic mass is 19.2. The van der Waals surface area contributed by atoms with Gasteiger partial charge in [0.1, 0.15) is 11.4 Å². The number of fused-ring (bicyclic) bond motifs is 1. The van der Waals surface area contributed by atoms with Crippen molar-refractivity contribution in [1.82, 2.24) is 9.38 Å². The highest BCUT2D eigenvalue weighted by Crippen LogP contribution is 2.27. The summed E-state index contributed by atoms with van der Waals surface area (Å²) < 4.78 is 33.5. The molecule has 0 radical (unpaired) electrons. The molecule has 2 aromatic heterocycles. The second-order valence-corrected chi connectivity index (χ2v) is 6.50. The van der Waals surface area contributed by atoms with Crippen molar-refractivity contribution in [1.29, 1.82) is 0 Å². The average Bonchev–Trinajstić information content (AvgIpc) is 3.06. The van der Waals surface area contributed by atoms with Crippen LogP contribution in [0, 0.1) is 18.6 Å². The molecule has 4 aromatic rings. The summed E-state index contributed by atoms with van der Waals surface area (Å²) >= 11 is 0. The molecular weight excluding hydrogens is 376 g/mol. The molecule has 4 rings (SSSR count). The Bertz CT molecular complexity index is 1220. The second kappa shape index (κ2) is 7.35. The van der Waals surface area contributed by atoms with Crippen LogP contribution in [-0.2, 0) is 0 Å². The average molecular weight is 393 g/mol. The number of benzene rings is 2. The number of aryl methyl sites for hydroxylation is 1. The molecule has 7 heteroatoms. The third-order valence-electron chi connectivity index (χ3n) is 4.66. The molecule has 0 aliphatic rings. The van der Waals surface area contributed by atoms with Crippen LogP contribution in [0.1, 0.15) is 16.1 Å². The zero-order chi connectivity index (χ0) is 20.5. The summed E-state index contributed by atoms with van der Waals surface area (Å²) in [6, 6.07) is 14.1. The van der Waals surface area contributed by atoms with Crippen LogP contribution in [0.15, 0.2) is 60.8 Å². The number of ether oxygens (including phenoxy) is 1. The number of aromatic nitrogens is 2. The lowest BCUT2D eigenvalue weighted by molar-refractivity contribution is 0.102. The molecular formula is C22H17F2N3O2. The van der Waals surface area contributed by atoms with Crippen molar-refractivity contribution in [2.45, 2.75) is 6.92 Å². The van der Waals surface area contributed by atoms with Crippen molar-refractivity contribution >= 4 is 17.2 Å². The number of anilines is 1. The Hall–Kier alpha value is -3.74. The van der Waals surface area contributed by atoms with Gasteiger partial charge in [-0.3, -0.25) is 4.79 Å². The van der Waals surface area contributed by atoms with E-state index >= 15 is 0 Å². The Kier molecular flexibility index (Phi) is 4.72. The summed E-state index contributed by atoms with van der Waals surface area (Å²) in [6.45, 7) is 1.93. The lowest BCUT2D eigenvalue weighted by Gasteiger charge is -2.07. The van der Waals surface area contributed by atoms with Gasteiger partial charge in [-0.05, 0) is 61.5 Å². The van der Waals surface area contributed by atoms with Crippen molar-refractivity contribution in [2.75, 3.05) is 12.4 Å². The van der Waals surface area contributed by atoms with E-state index in [1.54, 1.807) is 25.4 Å². The van der Waals surface area contributed by atoms with Crippen molar-refractivity contribution in [3.8, 4) is 17.0 Å². The van der Waals surface area contributed by atoms with Gasteiger partial charge in [0.05, 0.1) is 18.5 Å². The predicted molar refractivity (Wildman–Crippen MR) is 106 cm³/mol. The Labute approximate surface area is 165 Å². The summed E-state index contributed by atoms with van der Waals surface area (Å²) in [5.74, 6) is -1.83. The number of pyridine rings is 1. The van der Waals surface area contributed by atoms with Crippen LogP contribution in [0.2, 0.25) is 0 Å². The molecule has 146 valence electrons. The first kappa shape index (κ1) is 18.6. The Morgan fingerprint density at radius 2 is 1.79 bits per heavy atom. The number of nitrogens with zero attached hydrogens (tertiary/aromatic N) is 2. The lowest BCUT2D eigenvalue weighted by atomic mass is 10.1. The van der Waals surface area contributed by atoms with Gasteiger partial charge in [0.25, 0.3) is 5.91 Å². The summed E-state index contributed by atoms with van der Waals surface area (Å²) in [7, 11) is 1.61. The quantitative estimate of drug-likeness (QED) is 0.539. The number of carbonyl (C=O) groups excluding carboxylic acids is 1. The zero-order valence-corrected chi connectivity index (χ0v) is 15.7. The van der Waals surface area contributed by atoms with Crippen molar-refractivity contribution < 1.29 is 18.3 Å². The number of imidazole rings is 1. The molecule has 0 aliphatic carbocycles. The molecule has 0 aliphatic heterocycles. The predicted octanol–water partition coefficient (Wildman–Crippen LogP) is 4.85. The molecule has 1 N–H and O–H groups in total. The maximum atomic E-state index is 13.4. The Morgan fingerprint density at radius 3 is 2.48 bits per heavy atom. The highest BCUT2D eigenvalue weighted by molar-refractivity contribution is 6.04. The number of carbonyl (C=O) groups is 1. The third kappa shape index (κ3) is 3.54. The van der Waals surface area contributed by atoms with E-state index in [0.29, 0.717) is 5.69 Å².